The van der Waals surface area contributed by atoms with Gasteiger partial charge >= 0.3 is 5.97 Å². The van der Waals surface area contributed by atoms with Crippen LogP contribution in [0.4, 0.5) is 22.7 Å². The van der Waals surface area contributed by atoms with Crippen LogP contribution < -0.4 is 25.6 Å². The summed E-state index contributed by atoms with van der Waals surface area (Å²) in [6.45, 7) is 6.26. The van der Waals surface area contributed by atoms with Gasteiger partial charge in [0.2, 0.25) is 21.9 Å². The van der Waals surface area contributed by atoms with Crippen LogP contribution in [0.5, 0.6) is 0 Å². The Morgan fingerprint density at radius 2 is 1.90 bits per heavy atom. The number of thiazole rings is 1. The maximum atomic E-state index is 12.3. The number of benzene rings is 1. The number of nitrogens with two attached hydrogens (primary N) is 1. The van der Waals surface area contributed by atoms with E-state index in [9.17, 15) is 18.0 Å². The number of amides is 1. The van der Waals surface area contributed by atoms with E-state index in [-0.39, 0.29) is 24.0 Å². The Labute approximate surface area is 242 Å². The van der Waals surface area contributed by atoms with Crippen molar-refractivity contribution in [1.82, 2.24) is 20.3 Å². The topological polar surface area (TPSA) is 173 Å². The molecule has 0 radical (unpaired) electrons. The van der Waals surface area contributed by atoms with Gasteiger partial charge in [0.1, 0.15) is 16.5 Å². The predicted molar refractivity (Wildman–Crippen MR) is 155 cm³/mol. The van der Waals surface area contributed by atoms with Crippen LogP contribution in [0.2, 0.25) is 0 Å². The number of anilines is 4. The highest BCUT2D eigenvalue weighted by molar-refractivity contribution is 7.89. The molecule has 15 heteroatoms. The van der Waals surface area contributed by atoms with E-state index in [2.05, 4.69) is 20.5 Å². The molecule has 1 amide bonds. The van der Waals surface area contributed by atoms with E-state index >= 15 is 0 Å². The molecule has 0 saturated carbocycles. The number of nitrogens with zero attached hydrogens (tertiary/aromatic N) is 5. The SMILES string of the molecule is CCOC(=O)c1sc(Nc2nc(N3CCNC(=O)C3)c3c(n2)N(Cc2ccc(S(N)(=O)=O)cc2)CCCC3)nc1C. The summed E-state index contributed by atoms with van der Waals surface area (Å²) >= 11 is 1.17. The third-order valence-electron chi connectivity index (χ3n) is 6.81. The Bertz CT molecular complexity index is 1560. The number of carbonyl (C=O) groups is 2. The average molecular weight is 601 g/mol. The van der Waals surface area contributed by atoms with Gasteiger partial charge in [-0.25, -0.2) is 23.3 Å². The highest BCUT2D eigenvalue weighted by atomic mass is 32.2. The quantitative estimate of drug-likeness (QED) is 0.323. The van der Waals surface area contributed by atoms with E-state index in [1.54, 1.807) is 26.0 Å². The molecule has 2 aliphatic rings. The first-order chi connectivity index (χ1) is 19.6. The van der Waals surface area contributed by atoms with E-state index in [4.69, 9.17) is 19.8 Å². The molecule has 1 aromatic carbocycles. The van der Waals surface area contributed by atoms with Crippen LogP contribution in [0, 0.1) is 6.92 Å². The molecule has 2 aromatic heterocycles. The molecule has 5 rings (SSSR count). The first kappa shape index (κ1) is 28.7. The van der Waals surface area contributed by atoms with Crippen LogP contribution in [0.1, 0.15) is 46.3 Å². The van der Waals surface area contributed by atoms with Crippen molar-refractivity contribution in [2.75, 3.05) is 47.9 Å². The van der Waals surface area contributed by atoms with Gasteiger partial charge in [-0.05, 0) is 50.8 Å². The Hall–Kier alpha value is -3.82. The monoisotopic (exact) mass is 600 g/mol. The molecule has 13 nitrogen and oxygen atoms in total. The van der Waals surface area contributed by atoms with Gasteiger partial charge in [0.15, 0.2) is 5.13 Å². The summed E-state index contributed by atoms with van der Waals surface area (Å²) in [4.78, 5) is 43.4. The molecule has 1 saturated heterocycles. The number of hydrogen-bond acceptors (Lipinski definition) is 12. The van der Waals surface area contributed by atoms with Crippen LogP contribution in [-0.4, -0.2) is 68.0 Å². The fraction of sp³-hybridized carbons (Fsp3) is 0.423. The molecule has 0 spiro atoms. The van der Waals surface area contributed by atoms with Crippen LogP contribution in [0.15, 0.2) is 29.2 Å². The molecule has 2 aliphatic heterocycles. The molecule has 0 unspecified atom stereocenters. The van der Waals surface area contributed by atoms with Crippen molar-refractivity contribution in [1.29, 1.82) is 0 Å². The Morgan fingerprint density at radius 1 is 1.15 bits per heavy atom. The number of aromatic nitrogens is 3. The molecule has 4 heterocycles. The maximum Gasteiger partial charge on any atom is 0.350 e. The number of piperazine rings is 1. The minimum Gasteiger partial charge on any atom is -0.462 e. The molecule has 3 aromatic rings. The molecular weight excluding hydrogens is 568 g/mol. The first-order valence-corrected chi connectivity index (χ1v) is 15.7. The van der Waals surface area contributed by atoms with Gasteiger partial charge in [0, 0.05) is 31.7 Å². The molecule has 4 N–H and O–H groups in total. The smallest absolute Gasteiger partial charge is 0.350 e. The van der Waals surface area contributed by atoms with Gasteiger partial charge in [0.05, 0.1) is 23.7 Å². The van der Waals surface area contributed by atoms with Gasteiger partial charge in [-0.15, -0.1) is 0 Å². The zero-order valence-electron chi connectivity index (χ0n) is 22.8. The number of fused-ring (bicyclic) bond motifs is 1. The summed E-state index contributed by atoms with van der Waals surface area (Å²) in [7, 11) is -3.79. The number of primary sulfonamides is 1. The summed E-state index contributed by atoms with van der Waals surface area (Å²) in [6, 6.07) is 6.49. The summed E-state index contributed by atoms with van der Waals surface area (Å²) in [5, 5.41) is 11.8. The second kappa shape index (κ2) is 12.0. The number of ether oxygens (including phenoxy) is 1. The molecule has 218 valence electrons. The zero-order valence-corrected chi connectivity index (χ0v) is 24.5. The van der Waals surface area contributed by atoms with E-state index in [1.165, 1.54) is 23.5 Å². The Morgan fingerprint density at radius 3 is 2.61 bits per heavy atom. The lowest BCUT2D eigenvalue weighted by Gasteiger charge is -2.31. The standard InChI is InChI=1S/C26H32N8O5S2/c1-3-39-24(36)21-16(2)29-26(40-21)32-25-30-22-19(23(31-25)34-13-11-28-20(35)15-34)6-4-5-12-33(22)14-17-7-9-18(10-8-17)41(27,37)38/h7-10H,3-6,11-15H2,1-2H3,(H,28,35)(H2,27,37,38)(H,29,30,31,32). The first-order valence-electron chi connectivity index (χ1n) is 13.3. The average Bonchev–Trinajstić information content (AvgIpc) is 3.18. The number of rotatable bonds is 8. The van der Waals surface area contributed by atoms with Gasteiger partial charge in [-0.2, -0.15) is 9.97 Å². The van der Waals surface area contributed by atoms with Crippen molar-refractivity contribution in [3.63, 3.8) is 0 Å². The third kappa shape index (κ3) is 6.57. The fourth-order valence-corrected chi connectivity index (χ4v) is 6.25. The van der Waals surface area contributed by atoms with E-state index < -0.39 is 16.0 Å². The summed E-state index contributed by atoms with van der Waals surface area (Å²) in [5.41, 5.74) is 2.39. The maximum absolute atomic E-state index is 12.3. The predicted octanol–water partition coefficient (Wildman–Crippen LogP) is 2.09. The van der Waals surface area contributed by atoms with Gasteiger partial charge in [-0.3, -0.25) is 10.1 Å². The van der Waals surface area contributed by atoms with Gasteiger partial charge in [-0.1, -0.05) is 23.5 Å². The highest BCUT2D eigenvalue weighted by Gasteiger charge is 2.28. The van der Waals surface area contributed by atoms with Crippen molar-refractivity contribution in [2.45, 2.75) is 44.6 Å². The van der Waals surface area contributed by atoms with E-state index in [1.807, 2.05) is 4.90 Å². The minimum atomic E-state index is -3.79. The van der Waals surface area contributed by atoms with Crippen LogP contribution in [0.3, 0.4) is 0 Å². The van der Waals surface area contributed by atoms with Gasteiger partial charge in [0.25, 0.3) is 0 Å². The fourth-order valence-electron chi connectivity index (χ4n) is 4.88. The summed E-state index contributed by atoms with van der Waals surface area (Å²) in [6.07, 6.45) is 2.59. The molecular formula is C26H32N8O5S2. The molecule has 0 atom stereocenters. The Balaban J connectivity index is 1.53. The van der Waals surface area contributed by atoms with Crippen molar-refractivity contribution >= 4 is 56.0 Å². The zero-order chi connectivity index (χ0) is 29.1. The summed E-state index contributed by atoms with van der Waals surface area (Å²) in [5.74, 6) is 1.20. The molecule has 41 heavy (non-hydrogen) atoms. The van der Waals surface area contributed by atoms with Crippen molar-refractivity contribution in [3.05, 3.63) is 46.0 Å². The molecule has 0 aliphatic carbocycles. The normalized spacial score (nSPS) is 15.6. The van der Waals surface area contributed by atoms with Crippen molar-refractivity contribution < 1.29 is 22.7 Å². The van der Waals surface area contributed by atoms with Crippen LogP contribution >= 0.6 is 11.3 Å². The lowest BCUT2D eigenvalue weighted by molar-refractivity contribution is -0.120. The lowest BCUT2D eigenvalue weighted by Crippen LogP contribution is -2.48. The van der Waals surface area contributed by atoms with Crippen LogP contribution in [0.25, 0.3) is 0 Å². The van der Waals surface area contributed by atoms with Crippen molar-refractivity contribution in [2.24, 2.45) is 5.14 Å². The number of aryl methyl sites for hydroxylation is 1. The number of carbonyl (C=O) groups excluding carboxylic acids is 2. The molecule has 1 fully saturated rings. The van der Waals surface area contributed by atoms with E-state index in [0.717, 1.165) is 42.8 Å². The largest absolute Gasteiger partial charge is 0.462 e. The lowest BCUT2D eigenvalue weighted by atomic mass is 10.1. The van der Waals surface area contributed by atoms with E-state index in [0.29, 0.717) is 47.1 Å². The number of nitrogens with one attached hydrogen (secondary N) is 2. The highest BCUT2D eigenvalue weighted by Crippen LogP contribution is 2.35. The second-order valence-electron chi connectivity index (χ2n) is 9.79. The number of esters is 1. The summed E-state index contributed by atoms with van der Waals surface area (Å²) < 4.78 is 28.6. The molecule has 0 bridgehead atoms. The minimum absolute atomic E-state index is 0.0536. The van der Waals surface area contributed by atoms with Crippen molar-refractivity contribution in [3.8, 4) is 0 Å². The Kier molecular flexibility index (Phi) is 8.37. The third-order valence-corrected chi connectivity index (χ3v) is 8.79. The number of hydrogen-bond donors (Lipinski definition) is 3. The van der Waals surface area contributed by atoms with Crippen LogP contribution in [-0.2, 0) is 32.5 Å². The number of sulfonamides is 1. The van der Waals surface area contributed by atoms with Gasteiger partial charge < -0.3 is 19.9 Å². The second-order valence-corrected chi connectivity index (χ2v) is 12.4.